The van der Waals surface area contributed by atoms with E-state index in [9.17, 15) is 0 Å². The van der Waals surface area contributed by atoms with E-state index in [0.717, 1.165) is 6.42 Å². The van der Waals surface area contributed by atoms with Crippen LogP contribution < -0.4 is 4.90 Å². The SMILES string of the molecule is Cc1cccc(N(C)C2=C(c3ccccc3)C=CCC2C)c1. The molecule has 112 valence electrons. The van der Waals surface area contributed by atoms with Crippen LogP contribution in [0, 0.1) is 12.8 Å². The molecule has 0 N–H and O–H groups in total. The van der Waals surface area contributed by atoms with E-state index in [-0.39, 0.29) is 0 Å². The average molecular weight is 289 g/mol. The lowest BCUT2D eigenvalue weighted by Crippen LogP contribution is -2.24. The number of benzene rings is 2. The molecule has 0 heterocycles. The summed E-state index contributed by atoms with van der Waals surface area (Å²) in [6.07, 6.45) is 5.67. The molecule has 22 heavy (non-hydrogen) atoms. The summed E-state index contributed by atoms with van der Waals surface area (Å²) >= 11 is 0. The van der Waals surface area contributed by atoms with Crippen LogP contribution in [-0.4, -0.2) is 7.05 Å². The van der Waals surface area contributed by atoms with Crippen LogP contribution >= 0.6 is 0 Å². The van der Waals surface area contributed by atoms with Gasteiger partial charge in [0, 0.05) is 29.9 Å². The molecule has 2 aromatic rings. The number of allylic oxidation sites excluding steroid dienone is 4. The number of hydrogen-bond acceptors (Lipinski definition) is 1. The summed E-state index contributed by atoms with van der Waals surface area (Å²) in [5.41, 5.74) is 6.58. The van der Waals surface area contributed by atoms with Gasteiger partial charge in [-0.2, -0.15) is 0 Å². The third-order valence-corrected chi connectivity index (χ3v) is 4.35. The first kappa shape index (κ1) is 14.6. The molecule has 0 fully saturated rings. The number of nitrogens with zero attached hydrogens (tertiary/aromatic N) is 1. The van der Waals surface area contributed by atoms with Gasteiger partial charge in [-0.05, 0) is 36.6 Å². The van der Waals surface area contributed by atoms with E-state index >= 15 is 0 Å². The van der Waals surface area contributed by atoms with Crippen molar-refractivity contribution in [2.45, 2.75) is 20.3 Å². The maximum absolute atomic E-state index is 2.35. The molecule has 0 radical (unpaired) electrons. The molecule has 3 rings (SSSR count). The molecule has 0 aromatic heterocycles. The average Bonchev–Trinajstić information content (AvgIpc) is 2.55. The monoisotopic (exact) mass is 289 g/mol. The molecule has 0 bridgehead atoms. The van der Waals surface area contributed by atoms with Crippen molar-refractivity contribution in [1.82, 2.24) is 0 Å². The van der Waals surface area contributed by atoms with Gasteiger partial charge in [0.2, 0.25) is 0 Å². The van der Waals surface area contributed by atoms with Gasteiger partial charge in [-0.25, -0.2) is 0 Å². The molecule has 1 heteroatoms. The summed E-state index contributed by atoms with van der Waals surface area (Å²) in [5, 5.41) is 0. The fraction of sp³-hybridized carbons (Fsp3) is 0.238. The Morgan fingerprint density at radius 3 is 2.50 bits per heavy atom. The zero-order valence-electron chi connectivity index (χ0n) is 13.6. The van der Waals surface area contributed by atoms with Crippen molar-refractivity contribution in [3.05, 3.63) is 83.6 Å². The van der Waals surface area contributed by atoms with Crippen molar-refractivity contribution in [3.8, 4) is 0 Å². The van der Waals surface area contributed by atoms with Crippen molar-refractivity contribution in [1.29, 1.82) is 0 Å². The second-order valence-corrected chi connectivity index (χ2v) is 6.10. The molecule has 2 aromatic carbocycles. The van der Waals surface area contributed by atoms with Crippen LogP contribution in [0.2, 0.25) is 0 Å². The smallest absolute Gasteiger partial charge is 0.0408 e. The third kappa shape index (κ3) is 2.85. The summed E-state index contributed by atoms with van der Waals surface area (Å²) < 4.78 is 0. The molecule has 1 aliphatic carbocycles. The number of hydrogen-bond donors (Lipinski definition) is 0. The van der Waals surface area contributed by atoms with E-state index in [1.165, 1.54) is 28.1 Å². The Morgan fingerprint density at radius 1 is 1.00 bits per heavy atom. The predicted molar refractivity (Wildman–Crippen MR) is 95.9 cm³/mol. The van der Waals surface area contributed by atoms with E-state index in [4.69, 9.17) is 0 Å². The highest BCUT2D eigenvalue weighted by Crippen LogP contribution is 2.35. The second-order valence-electron chi connectivity index (χ2n) is 6.10. The Labute approximate surface area is 133 Å². The number of anilines is 1. The molecule has 0 amide bonds. The second kappa shape index (κ2) is 6.23. The van der Waals surface area contributed by atoms with Crippen LogP contribution in [0.3, 0.4) is 0 Å². The van der Waals surface area contributed by atoms with Crippen LogP contribution in [0.1, 0.15) is 24.5 Å². The lowest BCUT2D eigenvalue weighted by molar-refractivity contribution is 0.666. The molecule has 1 aliphatic rings. The molecule has 0 saturated heterocycles. The fourth-order valence-electron chi connectivity index (χ4n) is 3.20. The largest absolute Gasteiger partial charge is 0.347 e. The van der Waals surface area contributed by atoms with E-state index in [0.29, 0.717) is 5.92 Å². The van der Waals surface area contributed by atoms with Crippen LogP contribution in [0.4, 0.5) is 5.69 Å². The summed E-state index contributed by atoms with van der Waals surface area (Å²) in [4.78, 5) is 2.35. The first-order valence-corrected chi connectivity index (χ1v) is 7.93. The minimum absolute atomic E-state index is 0.519. The Kier molecular flexibility index (Phi) is 4.15. The fourth-order valence-corrected chi connectivity index (χ4v) is 3.20. The minimum atomic E-state index is 0.519. The summed E-state index contributed by atoms with van der Waals surface area (Å²) in [5.74, 6) is 0.519. The quantitative estimate of drug-likeness (QED) is 0.727. The first-order valence-electron chi connectivity index (χ1n) is 7.93. The van der Waals surface area contributed by atoms with Gasteiger partial charge in [-0.3, -0.25) is 0 Å². The molecule has 1 unspecified atom stereocenters. The third-order valence-electron chi connectivity index (χ3n) is 4.35. The van der Waals surface area contributed by atoms with Crippen molar-refractivity contribution in [3.63, 3.8) is 0 Å². The van der Waals surface area contributed by atoms with Crippen molar-refractivity contribution < 1.29 is 0 Å². The highest BCUT2D eigenvalue weighted by Gasteiger charge is 2.21. The summed E-state index contributed by atoms with van der Waals surface area (Å²) in [6.45, 7) is 4.46. The molecule has 1 nitrogen and oxygen atoms in total. The minimum Gasteiger partial charge on any atom is -0.347 e. The standard InChI is InChI=1S/C21H23N/c1-16-9-7-13-19(15-16)22(3)21-17(2)10-8-14-20(21)18-11-5-4-6-12-18/h4-9,11-15,17H,10H2,1-3H3. The lowest BCUT2D eigenvalue weighted by Gasteiger charge is -2.32. The Balaban J connectivity index is 2.10. The highest BCUT2D eigenvalue weighted by atomic mass is 15.1. The van der Waals surface area contributed by atoms with Gasteiger partial charge in [-0.1, -0.05) is 61.5 Å². The zero-order chi connectivity index (χ0) is 15.5. The van der Waals surface area contributed by atoms with Crippen molar-refractivity contribution >= 4 is 11.3 Å². The van der Waals surface area contributed by atoms with Gasteiger partial charge in [0.1, 0.15) is 0 Å². The lowest BCUT2D eigenvalue weighted by atomic mass is 9.89. The van der Waals surface area contributed by atoms with Gasteiger partial charge < -0.3 is 4.90 Å². The van der Waals surface area contributed by atoms with Gasteiger partial charge in [0.05, 0.1) is 0 Å². The van der Waals surface area contributed by atoms with Crippen molar-refractivity contribution in [2.24, 2.45) is 5.92 Å². The van der Waals surface area contributed by atoms with Crippen LogP contribution in [0.5, 0.6) is 0 Å². The van der Waals surface area contributed by atoms with Crippen LogP contribution in [0.15, 0.2) is 72.4 Å². The molecule has 1 atom stereocenters. The normalized spacial score (nSPS) is 17.7. The van der Waals surface area contributed by atoms with Crippen LogP contribution in [-0.2, 0) is 0 Å². The topological polar surface area (TPSA) is 3.24 Å². The Morgan fingerprint density at radius 2 is 1.77 bits per heavy atom. The zero-order valence-corrected chi connectivity index (χ0v) is 13.6. The van der Waals surface area contributed by atoms with Crippen LogP contribution in [0.25, 0.3) is 5.57 Å². The maximum Gasteiger partial charge on any atom is 0.0408 e. The van der Waals surface area contributed by atoms with Gasteiger partial charge in [-0.15, -0.1) is 0 Å². The summed E-state index contributed by atoms with van der Waals surface area (Å²) in [6, 6.07) is 19.4. The number of aryl methyl sites for hydroxylation is 1. The summed E-state index contributed by atoms with van der Waals surface area (Å²) in [7, 11) is 2.18. The first-order chi connectivity index (χ1) is 10.7. The van der Waals surface area contributed by atoms with Crippen molar-refractivity contribution in [2.75, 3.05) is 11.9 Å². The highest BCUT2D eigenvalue weighted by molar-refractivity contribution is 5.81. The molecular weight excluding hydrogens is 266 g/mol. The Hall–Kier alpha value is -2.28. The van der Waals surface area contributed by atoms with Gasteiger partial charge in [0.15, 0.2) is 0 Å². The molecular formula is C21H23N. The van der Waals surface area contributed by atoms with E-state index < -0.39 is 0 Å². The van der Waals surface area contributed by atoms with E-state index in [1.807, 2.05) is 0 Å². The maximum atomic E-state index is 2.35. The molecule has 0 spiro atoms. The Bertz CT molecular complexity index is 710. The predicted octanol–water partition coefficient (Wildman–Crippen LogP) is 5.44. The number of rotatable bonds is 3. The van der Waals surface area contributed by atoms with Gasteiger partial charge >= 0.3 is 0 Å². The molecule has 0 aliphatic heterocycles. The van der Waals surface area contributed by atoms with E-state index in [1.54, 1.807) is 0 Å². The molecule has 0 saturated carbocycles. The van der Waals surface area contributed by atoms with E-state index in [2.05, 4.69) is 92.5 Å². The van der Waals surface area contributed by atoms with Gasteiger partial charge in [0.25, 0.3) is 0 Å².